The van der Waals surface area contributed by atoms with Crippen LogP contribution in [0.15, 0.2) is 36.5 Å². The van der Waals surface area contributed by atoms with E-state index in [9.17, 15) is 18.0 Å². The molecule has 1 unspecified atom stereocenters. The molecule has 2 fully saturated rings. The molecule has 40 heavy (non-hydrogen) atoms. The lowest BCUT2D eigenvalue weighted by Gasteiger charge is -2.34. The van der Waals surface area contributed by atoms with Crippen LogP contribution in [0.3, 0.4) is 0 Å². The quantitative estimate of drug-likeness (QED) is 0.342. The van der Waals surface area contributed by atoms with Crippen LogP contribution in [0.5, 0.6) is 5.75 Å². The highest BCUT2D eigenvalue weighted by Gasteiger charge is 2.33. The summed E-state index contributed by atoms with van der Waals surface area (Å²) in [6.07, 6.45) is 4.18. The van der Waals surface area contributed by atoms with Crippen molar-refractivity contribution >= 4 is 22.5 Å². The number of ether oxygens (including phenoxy) is 1. The highest BCUT2D eigenvalue weighted by Crippen LogP contribution is 2.36. The van der Waals surface area contributed by atoms with Gasteiger partial charge in [-0.15, -0.1) is 0 Å². The molecule has 3 aromatic rings. The topological polar surface area (TPSA) is 93.1 Å². The second kappa shape index (κ2) is 12.1. The minimum Gasteiger partial charge on any atom is -0.494 e. The third-order valence-electron chi connectivity index (χ3n) is 8.37. The minimum absolute atomic E-state index is 0.290. The van der Waals surface area contributed by atoms with E-state index in [2.05, 4.69) is 27.9 Å². The van der Waals surface area contributed by atoms with Crippen LogP contribution < -0.4 is 20.7 Å². The first kappa shape index (κ1) is 28.4. The van der Waals surface area contributed by atoms with Gasteiger partial charge >= 0.3 is 6.18 Å². The van der Waals surface area contributed by atoms with Crippen molar-refractivity contribution in [2.75, 3.05) is 32.1 Å². The molecule has 216 valence electrons. The number of hydrogen-bond donors (Lipinski definition) is 3. The predicted octanol–water partition coefficient (Wildman–Crippen LogP) is 5.42. The molecule has 1 saturated heterocycles. The van der Waals surface area contributed by atoms with E-state index >= 15 is 0 Å². The number of piperidine rings is 1. The molecule has 1 amide bonds. The number of benzene rings is 1. The van der Waals surface area contributed by atoms with Crippen LogP contribution in [0.1, 0.15) is 67.7 Å². The lowest BCUT2D eigenvalue weighted by molar-refractivity contribution is -0.141. The lowest BCUT2D eigenvalue weighted by atomic mass is 9.82. The Hall–Kier alpha value is -3.18. The van der Waals surface area contributed by atoms with E-state index in [1.54, 1.807) is 12.1 Å². The fourth-order valence-electron chi connectivity index (χ4n) is 5.90. The highest BCUT2D eigenvalue weighted by molar-refractivity contribution is 6.05. The Morgan fingerprint density at radius 2 is 1.90 bits per heavy atom. The van der Waals surface area contributed by atoms with E-state index < -0.39 is 17.8 Å². The molecule has 1 atom stereocenters. The van der Waals surface area contributed by atoms with Crippen molar-refractivity contribution in [1.29, 1.82) is 0 Å². The molecule has 11 heteroatoms. The number of fused-ring (bicyclic) bond motifs is 1. The number of amides is 1. The third kappa shape index (κ3) is 6.58. The van der Waals surface area contributed by atoms with Crippen molar-refractivity contribution in [2.24, 2.45) is 11.8 Å². The molecule has 1 aromatic carbocycles. The van der Waals surface area contributed by atoms with Gasteiger partial charge in [-0.25, -0.2) is 4.98 Å². The van der Waals surface area contributed by atoms with Crippen molar-refractivity contribution in [2.45, 2.75) is 63.7 Å². The van der Waals surface area contributed by atoms with E-state index in [1.165, 1.54) is 26.0 Å². The number of hydrogen-bond acceptors (Lipinski definition) is 6. The van der Waals surface area contributed by atoms with Crippen molar-refractivity contribution in [3.05, 3.63) is 47.9 Å². The molecule has 0 radical (unpaired) electrons. The molecule has 2 aliphatic rings. The summed E-state index contributed by atoms with van der Waals surface area (Å²) in [5.41, 5.74) is -0.378. The summed E-state index contributed by atoms with van der Waals surface area (Å²) in [4.78, 5) is 16.2. The van der Waals surface area contributed by atoms with Crippen LogP contribution >= 0.6 is 0 Å². The second-order valence-corrected chi connectivity index (χ2v) is 11.0. The van der Waals surface area contributed by atoms with E-state index in [4.69, 9.17) is 9.84 Å². The number of carbonyl (C=O) groups is 1. The fourth-order valence-corrected chi connectivity index (χ4v) is 5.90. The third-order valence-corrected chi connectivity index (χ3v) is 8.37. The van der Waals surface area contributed by atoms with Gasteiger partial charge in [0.05, 0.1) is 24.4 Å². The zero-order chi connectivity index (χ0) is 28.3. The Labute approximate surface area is 232 Å². The summed E-state index contributed by atoms with van der Waals surface area (Å²) in [7, 11) is 1.47. The Balaban J connectivity index is 1.23. The Kier molecular flexibility index (Phi) is 8.60. The highest BCUT2D eigenvalue weighted by atomic mass is 19.4. The normalized spacial score (nSPS) is 21.3. The van der Waals surface area contributed by atoms with Gasteiger partial charge in [-0.1, -0.05) is 6.07 Å². The number of alkyl halides is 3. The number of aromatic nitrogens is 3. The molecular formula is C29H37F3N6O2. The van der Waals surface area contributed by atoms with Crippen LogP contribution in [0, 0.1) is 11.8 Å². The standard InChI is InChI=1S/C29H37F3N6O2/c1-18(34-16-19-10-12-33-13-11-19)20-6-8-22(9-7-20)38-17-21-14-25(26(40-2)15-24(21)37-38)36-28(39)23-4-3-5-27(35-23)29(30,31)32/h3-5,14-15,17-20,22,33-34H,6-13,16H2,1-2H3,(H,36,39). The molecule has 1 aliphatic heterocycles. The van der Waals surface area contributed by atoms with Gasteiger partial charge in [0.1, 0.15) is 17.1 Å². The number of methoxy groups -OCH3 is 1. The zero-order valence-electron chi connectivity index (χ0n) is 22.9. The number of nitrogens with zero attached hydrogens (tertiary/aromatic N) is 3. The number of halogens is 3. The second-order valence-electron chi connectivity index (χ2n) is 11.0. The Morgan fingerprint density at radius 1 is 1.15 bits per heavy atom. The maximum absolute atomic E-state index is 13.0. The first-order valence-corrected chi connectivity index (χ1v) is 14.1. The van der Waals surface area contributed by atoms with Crippen molar-refractivity contribution < 1.29 is 22.7 Å². The van der Waals surface area contributed by atoms with Gasteiger partial charge in [0.25, 0.3) is 5.91 Å². The maximum Gasteiger partial charge on any atom is 0.433 e. The van der Waals surface area contributed by atoms with Gasteiger partial charge in [-0.3, -0.25) is 9.48 Å². The average Bonchev–Trinajstić information content (AvgIpc) is 3.38. The smallest absolute Gasteiger partial charge is 0.433 e. The Bertz CT molecular complexity index is 1310. The molecule has 5 rings (SSSR count). The molecule has 0 bridgehead atoms. The molecule has 2 aromatic heterocycles. The van der Waals surface area contributed by atoms with Crippen molar-refractivity contribution in [1.82, 2.24) is 25.4 Å². The monoisotopic (exact) mass is 558 g/mol. The van der Waals surface area contributed by atoms with E-state index in [1.807, 2.05) is 10.9 Å². The van der Waals surface area contributed by atoms with Crippen molar-refractivity contribution in [3.63, 3.8) is 0 Å². The molecule has 3 heterocycles. The van der Waals surface area contributed by atoms with Gasteiger partial charge < -0.3 is 20.7 Å². The number of pyridine rings is 1. The molecular weight excluding hydrogens is 521 g/mol. The first-order valence-electron chi connectivity index (χ1n) is 14.1. The molecule has 0 spiro atoms. The summed E-state index contributed by atoms with van der Waals surface area (Å²) in [6.45, 7) is 5.65. The number of carbonyl (C=O) groups excluding carboxylic acids is 1. The molecule has 3 N–H and O–H groups in total. The molecule has 1 aliphatic carbocycles. The van der Waals surface area contributed by atoms with Crippen molar-refractivity contribution in [3.8, 4) is 5.75 Å². The summed E-state index contributed by atoms with van der Waals surface area (Å²) in [5, 5.41) is 15.5. The summed E-state index contributed by atoms with van der Waals surface area (Å²) in [5.74, 6) is 1.03. The first-order chi connectivity index (χ1) is 19.2. The number of rotatable bonds is 8. The Morgan fingerprint density at radius 3 is 2.60 bits per heavy atom. The number of nitrogens with one attached hydrogen (secondary N) is 3. The van der Waals surface area contributed by atoms with Gasteiger partial charge in [-0.05, 0) is 95.1 Å². The fraction of sp³-hybridized carbons (Fsp3) is 0.552. The van der Waals surface area contributed by atoms with Gasteiger partial charge in [-0.2, -0.15) is 18.3 Å². The molecule has 8 nitrogen and oxygen atoms in total. The van der Waals surface area contributed by atoms with Gasteiger partial charge in [0, 0.05) is 23.7 Å². The lowest BCUT2D eigenvalue weighted by Crippen LogP contribution is -2.41. The van der Waals surface area contributed by atoms with Crippen LogP contribution in [0.4, 0.5) is 18.9 Å². The average molecular weight is 559 g/mol. The van der Waals surface area contributed by atoms with Gasteiger partial charge in [0.2, 0.25) is 0 Å². The SMILES string of the molecule is COc1cc2nn(C3CCC(C(C)NCC4CCNCC4)CC3)cc2cc1NC(=O)c1cccc(C(F)(F)F)n1. The van der Waals surface area contributed by atoms with Crippen LogP contribution in [-0.2, 0) is 6.18 Å². The van der Waals surface area contributed by atoms with E-state index in [0.29, 0.717) is 29.4 Å². The van der Waals surface area contributed by atoms with Crippen LogP contribution in [0.2, 0.25) is 0 Å². The summed E-state index contributed by atoms with van der Waals surface area (Å²) in [6, 6.07) is 7.50. The van der Waals surface area contributed by atoms with E-state index in [-0.39, 0.29) is 5.69 Å². The molecule has 1 saturated carbocycles. The van der Waals surface area contributed by atoms with Crippen LogP contribution in [0.25, 0.3) is 10.9 Å². The largest absolute Gasteiger partial charge is 0.494 e. The van der Waals surface area contributed by atoms with Crippen LogP contribution in [-0.4, -0.2) is 53.5 Å². The summed E-state index contributed by atoms with van der Waals surface area (Å²) >= 11 is 0. The number of anilines is 1. The van der Waals surface area contributed by atoms with E-state index in [0.717, 1.165) is 74.3 Å². The minimum atomic E-state index is -4.64. The summed E-state index contributed by atoms with van der Waals surface area (Å²) < 4.78 is 46.6. The maximum atomic E-state index is 13.0. The zero-order valence-corrected chi connectivity index (χ0v) is 22.9. The van der Waals surface area contributed by atoms with Gasteiger partial charge in [0.15, 0.2) is 0 Å². The predicted molar refractivity (Wildman–Crippen MR) is 148 cm³/mol.